The molecule has 0 aliphatic heterocycles. The molecule has 14 heavy (non-hydrogen) atoms. The number of amides is 1. The lowest BCUT2D eigenvalue weighted by Crippen LogP contribution is -2.42. The maximum Gasteiger partial charge on any atom is 0.235 e. The molecule has 0 bridgehead atoms. The monoisotopic (exact) mass is 243 g/mol. The first-order valence-corrected chi connectivity index (χ1v) is 6.50. The number of hydrogen-bond donors (Lipinski definition) is 1. The number of carbonyl (C=O) groups is 1. The van der Waals surface area contributed by atoms with Crippen molar-refractivity contribution in [2.75, 3.05) is 31.6 Å². The van der Waals surface area contributed by atoms with Crippen molar-refractivity contribution < 1.29 is 17.9 Å². The molecule has 0 saturated carbocycles. The van der Waals surface area contributed by atoms with E-state index in [4.69, 9.17) is 16.3 Å². The summed E-state index contributed by atoms with van der Waals surface area (Å²) in [7, 11) is -1.81. The van der Waals surface area contributed by atoms with Crippen LogP contribution in [0, 0.1) is 0 Å². The van der Waals surface area contributed by atoms with E-state index < -0.39 is 21.5 Å². The second kappa shape index (κ2) is 6.21. The van der Waals surface area contributed by atoms with Crippen molar-refractivity contribution in [2.24, 2.45) is 0 Å². The molecule has 1 amide bonds. The van der Waals surface area contributed by atoms with Gasteiger partial charge in [-0.1, -0.05) is 0 Å². The number of sulfone groups is 1. The molecular weight excluding hydrogens is 230 g/mol. The molecule has 0 radical (unpaired) electrons. The molecule has 7 heteroatoms. The molecule has 0 aliphatic carbocycles. The number of carbonyl (C=O) groups excluding carboxylic acids is 1. The van der Waals surface area contributed by atoms with Gasteiger partial charge in [-0.25, -0.2) is 8.42 Å². The average molecular weight is 244 g/mol. The number of rotatable bonds is 6. The Kier molecular flexibility index (Phi) is 6.06. The number of alkyl halides is 1. The lowest BCUT2D eigenvalue weighted by molar-refractivity contribution is -0.119. The third-order valence-electron chi connectivity index (χ3n) is 1.31. The van der Waals surface area contributed by atoms with Gasteiger partial charge in [0.25, 0.3) is 0 Å². The van der Waals surface area contributed by atoms with Crippen molar-refractivity contribution in [1.82, 2.24) is 5.32 Å². The molecule has 0 aromatic carbocycles. The molecule has 84 valence electrons. The zero-order valence-corrected chi connectivity index (χ0v) is 9.69. The summed E-state index contributed by atoms with van der Waals surface area (Å²) in [6, 6.07) is -0.351. The summed E-state index contributed by atoms with van der Waals surface area (Å²) in [5.74, 6) is -0.900. The van der Waals surface area contributed by atoms with E-state index in [0.717, 1.165) is 6.26 Å². The third-order valence-corrected chi connectivity index (χ3v) is 2.47. The lowest BCUT2D eigenvalue weighted by atomic mass is 10.3. The molecule has 0 aliphatic rings. The van der Waals surface area contributed by atoms with Crippen molar-refractivity contribution in [3.63, 3.8) is 0 Å². The van der Waals surface area contributed by atoms with E-state index >= 15 is 0 Å². The average Bonchev–Trinajstić information content (AvgIpc) is 2.00. The summed E-state index contributed by atoms with van der Waals surface area (Å²) < 4.78 is 26.3. The molecule has 0 spiro atoms. The summed E-state index contributed by atoms with van der Waals surface area (Å²) in [5.41, 5.74) is 0. The molecule has 1 N–H and O–H groups in total. The minimum absolute atomic E-state index is 0.184. The second-order valence-electron chi connectivity index (χ2n) is 2.94. The van der Waals surface area contributed by atoms with Gasteiger partial charge in [-0.2, -0.15) is 0 Å². The normalized spacial score (nSPS) is 13.6. The highest BCUT2D eigenvalue weighted by Gasteiger charge is 2.15. The fraction of sp³-hybridized carbons (Fsp3) is 0.857. The number of ether oxygens (including phenoxy) is 1. The summed E-state index contributed by atoms with van der Waals surface area (Å²) in [6.07, 6.45) is 0.999. The minimum Gasteiger partial charge on any atom is -0.383 e. The van der Waals surface area contributed by atoms with Gasteiger partial charge in [-0.15, -0.1) is 11.6 Å². The Morgan fingerprint density at radius 3 is 2.50 bits per heavy atom. The summed E-state index contributed by atoms with van der Waals surface area (Å²) >= 11 is 5.52. The van der Waals surface area contributed by atoms with Crippen LogP contribution in [0.1, 0.15) is 0 Å². The van der Waals surface area contributed by atoms with Crippen LogP contribution in [0.4, 0.5) is 0 Å². The highest BCUT2D eigenvalue weighted by molar-refractivity contribution is 7.91. The minimum atomic E-state index is -3.29. The zero-order valence-electron chi connectivity index (χ0n) is 8.12. The first-order valence-electron chi connectivity index (χ1n) is 3.91. The molecule has 0 fully saturated rings. The van der Waals surface area contributed by atoms with Crippen LogP contribution in [-0.4, -0.2) is 52.0 Å². The summed E-state index contributed by atoms with van der Waals surface area (Å²) in [6.45, 7) is 0.263. The lowest BCUT2D eigenvalue weighted by Gasteiger charge is -2.14. The molecule has 0 heterocycles. The molecular formula is C7H14ClNO4S. The van der Waals surface area contributed by atoms with Crippen molar-refractivity contribution in [3.05, 3.63) is 0 Å². The van der Waals surface area contributed by atoms with E-state index in [9.17, 15) is 13.2 Å². The second-order valence-corrected chi connectivity index (χ2v) is 5.39. The van der Waals surface area contributed by atoms with Crippen molar-refractivity contribution >= 4 is 27.3 Å². The number of halogens is 1. The molecule has 5 nitrogen and oxygen atoms in total. The Balaban J connectivity index is 4.03. The van der Waals surface area contributed by atoms with Crippen molar-refractivity contribution in [2.45, 2.75) is 6.04 Å². The molecule has 0 rings (SSSR count). The van der Waals surface area contributed by atoms with Crippen molar-refractivity contribution in [1.29, 1.82) is 0 Å². The van der Waals surface area contributed by atoms with Gasteiger partial charge in [0, 0.05) is 19.2 Å². The quantitative estimate of drug-likeness (QED) is 0.633. The van der Waals surface area contributed by atoms with Gasteiger partial charge in [0.15, 0.2) is 9.84 Å². The standard InChI is InChI=1S/C7H14ClNO4S/c1-13-4-6(3-8)9-7(10)5-14(2,11)12/h6H,3-5H2,1-2H3,(H,9,10). The van der Waals surface area contributed by atoms with Crippen LogP contribution in [0.2, 0.25) is 0 Å². The van der Waals surface area contributed by atoms with E-state index in [2.05, 4.69) is 5.32 Å². The molecule has 0 aromatic heterocycles. The van der Waals surface area contributed by atoms with Gasteiger partial charge < -0.3 is 10.1 Å². The summed E-state index contributed by atoms with van der Waals surface area (Å²) in [4.78, 5) is 11.1. The van der Waals surface area contributed by atoms with E-state index in [1.807, 2.05) is 0 Å². The predicted molar refractivity (Wildman–Crippen MR) is 54.2 cm³/mol. The van der Waals surface area contributed by atoms with Crippen LogP contribution in [-0.2, 0) is 19.4 Å². The Labute approximate surface area is 88.7 Å². The molecule has 0 saturated heterocycles. The van der Waals surface area contributed by atoms with Gasteiger partial charge in [-0.3, -0.25) is 4.79 Å². The number of methoxy groups -OCH3 is 1. The van der Waals surface area contributed by atoms with Gasteiger partial charge in [-0.05, 0) is 0 Å². The van der Waals surface area contributed by atoms with Gasteiger partial charge in [0.05, 0.1) is 12.6 Å². The zero-order chi connectivity index (χ0) is 11.2. The SMILES string of the molecule is COCC(CCl)NC(=O)CS(C)(=O)=O. The van der Waals surface area contributed by atoms with Crippen LogP contribution in [0.15, 0.2) is 0 Å². The summed E-state index contributed by atoms with van der Waals surface area (Å²) in [5, 5.41) is 2.45. The Morgan fingerprint density at radius 1 is 1.57 bits per heavy atom. The molecule has 1 unspecified atom stereocenters. The van der Waals surface area contributed by atoms with Crippen LogP contribution >= 0.6 is 11.6 Å². The maximum absolute atomic E-state index is 11.1. The van der Waals surface area contributed by atoms with Crippen LogP contribution in [0.25, 0.3) is 0 Å². The third kappa shape index (κ3) is 7.11. The Bertz CT molecular complexity index is 277. The van der Waals surface area contributed by atoms with Crippen molar-refractivity contribution in [3.8, 4) is 0 Å². The first-order chi connectivity index (χ1) is 6.39. The fourth-order valence-electron chi connectivity index (χ4n) is 0.833. The molecule has 1 atom stereocenters. The first kappa shape index (κ1) is 13.7. The van der Waals surface area contributed by atoms with Gasteiger partial charge in [0.1, 0.15) is 5.75 Å². The van der Waals surface area contributed by atoms with Crippen LogP contribution in [0.3, 0.4) is 0 Å². The largest absolute Gasteiger partial charge is 0.383 e. The van der Waals surface area contributed by atoms with Crippen LogP contribution < -0.4 is 5.32 Å². The van der Waals surface area contributed by atoms with E-state index in [-0.39, 0.29) is 18.5 Å². The highest BCUT2D eigenvalue weighted by atomic mass is 35.5. The van der Waals surface area contributed by atoms with Gasteiger partial charge in [0.2, 0.25) is 5.91 Å². The molecule has 0 aromatic rings. The van der Waals surface area contributed by atoms with E-state index in [0.29, 0.717) is 0 Å². The predicted octanol–water partition coefficient (Wildman–Crippen LogP) is -0.599. The Hall–Kier alpha value is -0.330. The van der Waals surface area contributed by atoms with Gasteiger partial charge >= 0.3 is 0 Å². The number of hydrogen-bond acceptors (Lipinski definition) is 4. The maximum atomic E-state index is 11.1. The topological polar surface area (TPSA) is 72.5 Å². The fourth-order valence-corrected chi connectivity index (χ4v) is 1.56. The highest BCUT2D eigenvalue weighted by Crippen LogP contribution is 1.91. The van der Waals surface area contributed by atoms with Crippen LogP contribution in [0.5, 0.6) is 0 Å². The van der Waals surface area contributed by atoms with E-state index in [1.54, 1.807) is 0 Å². The van der Waals surface area contributed by atoms with E-state index in [1.165, 1.54) is 7.11 Å². The number of nitrogens with one attached hydrogen (secondary N) is 1. The Morgan fingerprint density at radius 2 is 2.14 bits per heavy atom. The smallest absolute Gasteiger partial charge is 0.235 e.